The van der Waals surface area contributed by atoms with Crippen molar-refractivity contribution in [2.45, 2.75) is 19.8 Å². The average molecular weight is 293 g/mol. The number of methoxy groups -OCH3 is 3. The van der Waals surface area contributed by atoms with Crippen LogP contribution in [0.15, 0.2) is 16.7 Å². The van der Waals surface area contributed by atoms with Gasteiger partial charge in [0.2, 0.25) is 5.75 Å². The molecule has 116 valence electrons. The van der Waals surface area contributed by atoms with Gasteiger partial charge in [-0.25, -0.2) is 0 Å². The summed E-state index contributed by atoms with van der Waals surface area (Å²) < 4.78 is 21.9. The molecule has 1 aromatic carbocycles. The lowest BCUT2D eigenvalue weighted by Gasteiger charge is -2.13. The van der Waals surface area contributed by atoms with Gasteiger partial charge < -0.3 is 23.9 Å². The predicted octanol–water partition coefficient (Wildman–Crippen LogP) is 3.00. The predicted molar refractivity (Wildman–Crippen MR) is 82.7 cm³/mol. The van der Waals surface area contributed by atoms with Crippen LogP contribution in [0.2, 0.25) is 0 Å². The largest absolute Gasteiger partial charge is 0.493 e. The van der Waals surface area contributed by atoms with E-state index in [9.17, 15) is 0 Å². The van der Waals surface area contributed by atoms with Crippen LogP contribution in [0.3, 0.4) is 0 Å². The Morgan fingerprint density at radius 1 is 1.05 bits per heavy atom. The molecular formula is C16H23NO4. The second-order valence-corrected chi connectivity index (χ2v) is 4.78. The second-order valence-electron chi connectivity index (χ2n) is 4.78. The molecule has 0 aliphatic rings. The number of fused-ring (bicyclic) bond motifs is 1. The Balaban J connectivity index is 2.40. The van der Waals surface area contributed by atoms with E-state index >= 15 is 0 Å². The second kappa shape index (κ2) is 7.22. The molecule has 0 saturated heterocycles. The molecule has 0 saturated carbocycles. The van der Waals surface area contributed by atoms with E-state index in [4.69, 9.17) is 18.6 Å². The van der Waals surface area contributed by atoms with Crippen LogP contribution in [-0.4, -0.2) is 34.4 Å². The molecule has 0 aliphatic heterocycles. The van der Waals surface area contributed by atoms with E-state index in [1.807, 2.05) is 6.07 Å². The Morgan fingerprint density at radius 2 is 1.81 bits per heavy atom. The summed E-state index contributed by atoms with van der Waals surface area (Å²) in [5.74, 6) is 1.86. The van der Waals surface area contributed by atoms with Gasteiger partial charge in [0.1, 0.15) is 5.58 Å². The Hall–Kier alpha value is -1.88. The molecular weight excluding hydrogens is 270 g/mol. The molecule has 0 fully saturated rings. The van der Waals surface area contributed by atoms with Crippen molar-refractivity contribution in [3.8, 4) is 17.2 Å². The lowest BCUT2D eigenvalue weighted by molar-refractivity contribution is 0.326. The van der Waals surface area contributed by atoms with E-state index in [1.54, 1.807) is 27.6 Å². The van der Waals surface area contributed by atoms with Crippen LogP contribution in [0.4, 0.5) is 0 Å². The lowest BCUT2D eigenvalue weighted by Crippen LogP contribution is -2.17. The minimum absolute atomic E-state index is 0.594. The molecule has 2 rings (SSSR count). The van der Waals surface area contributed by atoms with E-state index in [1.165, 1.54) is 0 Å². The molecule has 0 unspecified atom stereocenters. The Morgan fingerprint density at radius 3 is 2.43 bits per heavy atom. The Kier molecular flexibility index (Phi) is 5.33. The molecule has 0 aliphatic carbocycles. The first-order valence-electron chi connectivity index (χ1n) is 7.16. The Bertz CT molecular complexity index is 591. The highest BCUT2D eigenvalue weighted by Crippen LogP contribution is 2.45. The molecule has 1 aromatic heterocycles. The average Bonchev–Trinajstić information content (AvgIpc) is 2.92. The van der Waals surface area contributed by atoms with E-state index in [0.29, 0.717) is 17.2 Å². The van der Waals surface area contributed by atoms with Crippen molar-refractivity contribution in [1.29, 1.82) is 0 Å². The number of hydrogen-bond acceptors (Lipinski definition) is 5. The zero-order valence-corrected chi connectivity index (χ0v) is 13.1. The topological polar surface area (TPSA) is 52.9 Å². The summed E-state index contributed by atoms with van der Waals surface area (Å²) in [4.78, 5) is 0. The molecule has 5 heteroatoms. The van der Waals surface area contributed by atoms with Crippen molar-refractivity contribution in [1.82, 2.24) is 5.32 Å². The van der Waals surface area contributed by atoms with Crippen LogP contribution in [0.5, 0.6) is 17.2 Å². The van der Waals surface area contributed by atoms with Gasteiger partial charge in [0.25, 0.3) is 0 Å². The van der Waals surface area contributed by atoms with E-state index in [0.717, 1.165) is 42.5 Å². The third-order valence-corrected chi connectivity index (χ3v) is 3.44. The summed E-state index contributed by atoms with van der Waals surface area (Å²) in [6.07, 6.45) is 3.78. The van der Waals surface area contributed by atoms with Crippen LogP contribution in [0.1, 0.15) is 18.9 Å². The smallest absolute Gasteiger partial charge is 0.204 e. The monoisotopic (exact) mass is 293 g/mol. The van der Waals surface area contributed by atoms with Gasteiger partial charge in [-0.1, -0.05) is 6.92 Å². The number of benzene rings is 1. The lowest BCUT2D eigenvalue weighted by atomic mass is 10.1. The molecule has 2 aromatic rings. The fraction of sp³-hybridized carbons (Fsp3) is 0.500. The fourth-order valence-corrected chi connectivity index (χ4v) is 2.43. The highest BCUT2D eigenvalue weighted by molar-refractivity contribution is 5.92. The zero-order chi connectivity index (χ0) is 15.2. The fourth-order valence-electron chi connectivity index (χ4n) is 2.43. The van der Waals surface area contributed by atoms with Crippen molar-refractivity contribution < 1.29 is 18.6 Å². The minimum atomic E-state index is 0.594. The van der Waals surface area contributed by atoms with Crippen LogP contribution in [0.25, 0.3) is 11.0 Å². The molecule has 0 atom stereocenters. The molecule has 5 nitrogen and oxygen atoms in total. The first-order valence-corrected chi connectivity index (χ1v) is 7.16. The van der Waals surface area contributed by atoms with Gasteiger partial charge in [-0.3, -0.25) is 0 Å². The molecule has 1 heterocycles. The van der Waals surface area contributed by atoms with Gasteiger partial charge in [0.15, 0.2) is 11.5 Å². The molecule has 0 bridgehead atoms. The molecule has 21 heavy (non-hydrogen) atoms. The summed E-state index contributed by atoms with van der Waals surface area (Å²) in [7, 11) is 4.83. The third-order valence-electron chi connectivity index (χ3n) is 3.44. The van der Waals surface area contributed by atoms with Crippen LogP contribution < -0.4 is 19.5 Å². The van der Waals surface area contributed by atoms with E-state index < -0.39 is 0 Å². The van der Waals surface area contributed by atoms with E-state index in [-0.39, 0.29) is 0 Å². The van der Waals surface area contributed by atoms with Gasteiger partial charge in [0, 0.05) is 11.6 Å². The number of ether oxygens (including phenoxy) is 3. The standard InChI is InChI=1S/C16H23NO4/c1-5-7-17-8-6-11-10-21-12-9-13(18-2)15(19-3)16(20-4)14(11)12/h9-10,17H,5-8H2,1-4H3. The van der Waals surface area contributed by atoms with Crippen molar-refractivity contribution in [3.63, 3.8) is 0 Å². The highest BCUT2D eigenvalue weighted by atomic mass is 16.5. The summed E-state index contributed by atoms with van der Waals surface area (Å²) >= 11 is 0. The summed E-state index contributed by atoms with van der Waals surface area (Å²) in [6, 6.07) is 1.83. The minimum Gasteiger partial charge on any atom is -0.493 e. The van der Waals surface area contributed by atoms with Gasteiger partial charge in [-0.2, -0.15) is 0 Å². The van der Waals surface area contributed by atoms with Gasteiger partial charge in [0.05, 0.1) is 33.0 Å². The molecule has 0 radical (unpaired) electrons. The molecule has 0 spiro atoms. The van der Waals surface area contributed by atoms with Crippen molar-refractivity contribution in [3.05, 3.63) is 17.9 Å². The maximum atomic E-state index is 5.65. The van der Waals surface area contributed by atoms with Crippen LogP contribution in [-0.2, 0) is 6.42 Å². The Labute approximate surface area is 125 Å². The van der Waals surface area contributed by atoms with Crippen LogP contribution in [0, 0.1) is 0 Å². The first-order chi connectivity index (χ1) is 10.3. The van der Waals surface area contributed by atoms with Gasteiger partial charge in [-0.05, 0) is 25.9 Å². The number of rotatable bonds is 8. The molecule has 0 amide bonds. The van der Waals surface area contributed by atoms with Gasteiger partial charge in [-0.15, -0.1) is 0 Å². The maximum Gasteiger partial charge on any atom is 0.204 e. The third kappa shape index (κ3) is 3.08. The van der Waals surface area contributed by atoms with Gasteiger partial charge >= 0.3 is 0 Å². The van der Waals surface area contributed by atoms with Crippen molar-refractivity contribution >= 4 is 11.0 Å². The number of furan rings is 1. The van der Waals surface area contributed by atoms with Crippen molar-refractivity contribution in [2.24, 2.45) is 0 Å². The van der Waals surface area contributed by atoms with Crippen LogP contribution >= 0.6 is 0 Å². The summed E-state index contributed by atoms with van der Waals surface area (Å²) in [5.41, 5.74) is 1.85. The summed E-state index contributed by atoms with van der Waals surface area (Å²) in [6.45, 7) is 4.07. The number of hydrogen-bond donors (Lipinski definition) is 1. The SMILES string of the molecule is CCCNCCc1coc2cc(OC)c(OC)c(OC)c12. The zero-order valence-electron chi connectivity index (χ0n) is 13.1. The van der Waals surface area contributed by atoms with Crippen molar-refractivity contribution in [2.75, 3.05) is 34.4 Å². The highest BCUT2D eigenvalue weighted by Gasteiger charge is 2.20. The summed E-state index contributed by atoms with van der Waals surface area (Å²) in [5, 5.41) is 4.34. The molecule has 1 N–H and O–H groups in total. The quantitative estimate of drug-likeness (QED) is 0.758. The number of nitrogens with one attached hydrogen (secondary N) is 1. The first kappa shape index (κ1) is 15.5. The normalized spacial score (nSPS) is 10.9. The van der Waals surface area contributed by atoms with E-state index in [2.05, 4.69) is 12.2 Å². The maximum absolute atomic E-state index is 5.65.